The Labute approximate surface area is 174 Å². The van der Waals surface area contributed by atoms with Gasteiger partial charge in [-0.1, -0.05) is 47.7 Å². The second-order valence-corrected chi connectivity index (χ2v) is 8.04. The Balaban J connectivity index is 1.49. The number of nitro groups is 1. The van der Waals surface area contributed by atoms with Crippen LogP contribution in [-0.2, 0) is 4.79 Å². The van der Waals surface area contributed by atoms with E-state index in [9.17, 15) is 19.7 Å². The fraction of sp³-hybridized carbons (Fsp3) is 0.105. The lowest BCUT2D eigenvalue weighted by molar-refractivity contribution is -0.384. The number of carbonyl (C=O) groups is 2. The first-order valence-corrected chi connectivity index (χ1v) is 10.3. The molecule has 0 bridgehead atoms. The highest BCUT2D eigenvalue weighted by Gasteiger charge is 2.13. The number of rotatable bonds is 6. The van der Waals surface area contributed by atoms with Gasteiger partial charge in [-0.25, -0.2) is 4.98 Å². The molecule has 148 valence electrons. The Morgan fingerprint density at radius 1 is 1.17 bits per heavy atom. The van der Waals surface area contributed by atoms with Crippen molar-refractivity contribution >= 4 is 40.6 Å². The molecule has 3 rings (SSSR count). The molecule has 0 aliphatic heterocycles. The summed E-state index contributed by atoms with van der Waals surface area (Å²) in [5, 5.41) is 12.7. The zero-order valence-corrected chi connectivity index (χ0v) is 16.9. The maximum Gasteiger partial charge on any atom is 0.270 e. The van der Waals surface area contributed by atoms with Gasteiger partial charge in [-0.3, -0.25) is 30.6 Å². The normalized spacial score (nSPS) is 10.4. The first-order chi connectivity index (χ1) is 13.9. The van der Waals surface area contributed by atoms with Crippen LogP contribution in [0.2, 0.25) is 0 Å². The molecule has 0 saturated carbocycles. The predicted molar refractivity (Wildman–Crippen MR) is 112 cm³/mol. The Morgan fingerprint density at radius 2 is 1.93 bits per heavy atom. The molecule has 10 heteroatoms. The summed E-state index contributed by atoms with van der Waals surface area (Å²) in [6.07, 6.45) is 0. The summed E-state index contributed by atoms with van der Waals surface area (Å²) >= 11 is 2.69. The van der Waals surface area contributed by atoms with Crippen LogP contribution < -0.4 is 10.9 Å². The van der Waals surface area contributed by atoms with Gasteiger partial charge in [0.25, 0.3) is 11.6 Å². The molecule has 2 N–H and O–H groups in total. The zero-order valence-electron chi connectivity index (χ0n) is 15.2. The standard InChI is InChI=1S/C19H16N4O4S2/c1-12-5-7-13(8-6-12)16-10-28-19(20-16)29-11-17(24)21-22-18(25)14-3-2-4-15(9-14)23(26)27/h2-10H,11H2,1H3,(H,21,24)(H,22,25). The number of aromatic nitrogens is 1. The van der Waals surface area contributed by atoms with Crippen molar-refractivity contribution in [1.29, 1.82) is 0 Å². The molecule has 0 aliphatic carbocycles. The van der Waals surface area contributed by atoms with Crippen molar-refractivity contribution in [2.45, 2.75) is 11.3 Å². The first kappa shape index (κ1) is 20.5. The van der Waals surface area contributed by atoms with Crippen LogP contribution in [0.25, 0.3) is 11.3 Å². The van der Waals surface area contributed by atoms with Crippen LogP contribution in [0.15, 0.2) is 58.3 Å². The molecule has 8 nitrogen and oxygen atoms in total. The number of hydrogen-bond acceptors (Lipinski definition) is 7. The van der Waals surface area contributed by atoms with Crippen molar-refractivity contribution in [2.24, 2.45) is 0 Å². The van der Waals surface area contributed by atoms with Crippen molar-refractivity contribution in [3.05, 3.63) is 75.2 Å². The van der Waals surface area contributed by atoms with Gasteiger partial charge in [-0.05, 0) is 13.0 Å². The maximum atomic E-state index is 12.0. The van der Waals surface area contributed by atoms with Gasteiger partial charge < -0.3 is 0 Å². The molecule has 0 fully saturated rings. The van der Waals surface area contributed by atoms with Gasteiger partial charge in [-0.2, -0.15) is 0 Å². The van der Waals surface area contributed by atoms with Crippen molar-refractivity contribution < 1.29 is 14.5 Å². The molecular weight excluding hydrogens is 412 g/mol. The van der Waals surface area contributed by atoms with E-state index in [0.717, 1.165) is 21.7 Å². The van der Waals surface area contributed by atoms with Gasteiger partial charge in [0.15, 0.2) is 4.34 Å². The third kappa shape index (κ3) is 5.62. The van der Waals surface area contributed by atoms with Crippen molar-refractivity contribution in [3.8, 4) is 11.3 Å². The Morgan fingerprint density at radius 3 is 2.66 bits per heavy atom. The minimum Gasteiger partial charge on any atom is -0.272 e. The highest BCUT2D eigenvalue weighted by Crippen LogP contribution is 2.28. The third-order valence-corrected chi connectivity index (χ3v) is 5.81. The Kier molecular flexibility index (Phi) is 6.57. The number of nitro benzene ring substituents is 1. The van der Waals surface area contributed by atoms with Crippen LogP contribution in [0.1, 0.15) is 15.9 Å². The monoisotopic (exact) mass is 428 g/mol. The number of thioether (sulfide) groups is 1. The predicted octanol–water partition coefficient (Wildman–Crippen LogP) is 3.58. The number of thiazole rings is 1. The molecule has 3 aromatic rings. The lowest BCUT2D eigenvalue weighted by Crippen LogP contribution is -2.42. The molecule has 0 aliphatic rings. The highest BCUT2D eigenvalue weighted by atomic mass is 32.2. The van der Waals surface area contributed by atoms with E-state index in [4.69, 9.17) is 0 Å². The molecular formula is C19H16N4O4S2. The van der Waals surface area contributed by atoms with Gasteiger partial charge in [0, 0.05) is 28.6 Å². The number of nitrogens with zero attached hydrogens (tertiary/aromatic N) is 2. The molecule has 1 heterocycles. The second-order valence-electron chi connectivity index (χ2n) is 5.96. The van der Waals surface area contributed by atoms with Gasteiger partial charge in [-0.15, -0.1) is 11.3 Å². The summed E-state index contributed by atoms with van der Waals surface area (Å²) in [5.41, 5.74) is 7.44. The average Bonchev–Trinajstić information content (AvgIpc) is 3.20. The van der Waals surface area contributed by atoms with Crippen LogP contribution in [-0.4, -0.2) is 27.5 Å². The number of aryl methyl sites for hydroxylation is 1. The molecule has 2 aromatic carbocycles. The fourth-order valence-corrected chi connectivity index (χ4v) is 3.94. The lowest BCUT2D eigenvalue weighted by Gasteiger charge is -2.06. The number of benzene rings is 2. The van der Waals surface area contributed by atoms with Crippen molar-refractivity contribution in [2.75, 3.05) is 5.75 Å². The Bertz CT molecular complexity index is 1050. The first-order valence-electron chi connectivity index (χ1n) is 8.41. The van der Waals surface area contributed by atoms with E-state index < -0.39 is 16.7 Å². The van der Waals surface area contributed by atoms with E-state index in [0.29, 0.717) is 0 Å². The van der Waals surface area contributed by atoms with Crippen LogP contribution in [0.3, 0.4) is 0 Å². The SMILES string of the molecule is Cc1ccc(-c2csc(SCC(=O)NNC(=O)c3cccc([N+](=O)[O-])c3)n2)cc1. The molecule has 0 saturated heterocycles. The van der Waals surface area contributed by atoms with Crippen molar-refractivity contribution in [3.63, 3.8) is 0 Å². The van der Waals surface area contributed by atoms with Crippen LogP contribution >= 0.6 is 23.1 Å². The molecule has 0 unspecified atom stereocenters. The van der Waals surface area contributed by atoms with E-state index >= 15 is 0 Å². The van der Waals surface area contributed by atoms with E-state index in [1.54, 1.807) is 0 Å². The summed E-state index contributed by atoms with van der Waals surface area (Å²) < 4.78 is 0.737. The van der Waals surface area contributed by atoms with Gasteiger partial charge >= 0.3 is 0 Å². The average molecular weight is 428 g/mol. The molecule has 29 heavy (non-hydrogen) atoms. The number of hydrazine groups is 1. The van der Waals surface area contributed by atoms with E-state index in [-0.39, 0.29) is 17.0 Å². The summed E-state index contributed by atoms with van der Waals surface area (Å²) in [7, 11) is 0. The summed E-state index contributed by atoms with van der Waals surface area (Å²) in [6.45, 7) is 2.02. The fourth-order valence-electron chi connectivity index (χ4n) is 2.30. The van der Waals surface area contributed by atoms with E-state index in [2.05, 4.69) is 15.8 Å². The third-order valence-electron chi connectivity index (χ3n) is 3.79. The quantitative estimate of drug-likeness (QED) is 0.352. The number of carbonyl (C=O) groups excluding carboxylic acids is 2. The second kappa shape index (κ2) is 9.30. The number of amides is 2. The van der Waals surface area contributed by atoms with Crippen LogP contribution in [0.4, 0.5) is 5.69 Å². The number of hydrogen-bond donors (Lipinski definition) is 2. The zero-order chi connectivity index (χ0) is 20.8. The summed E-state index contributed by atoms with van der Waals surface area (Å²) in [5.74, 6) is -0.986. The largest absolute Gasteiger partial charge is 0.272 e. The molecule has 0 atom stereocenters. The summed E-state index contributed by atoms with van der Waals surface area (Å²) in [4.78, 5) is 38.7. The minimum absolute atomic E-state index is 0.0655. The van der Waals surface area contributed by atoms with Crippen LogP contribution in [0.5, 0.6) is 0 Å². The van der Waals surface area contributed by atoms with Crippen LogP contribution in [0, 0.1) is 17.0 Å². The molecule has 0 spiro atoms. The topological polar surface area (TPSA) is 114 Å². The van der Waals surface area contributed by atoms with Gasteiger partial charge in [0.05, 0.1) is 16.4 Å². The molecule has 2 amide bonds. The molecule has 0 radical (unpaired) electrons. The van der Waals surface area contributed by atoms with E-state index in [1.165, 1.54) is 46.9 Å². The van der Waals surface area contributed by atoms with Gasteiger partial charge in [0.2, 0.25) is 5.91 Å². The number of nitrogens with one attached hydrogen (secondary N) is 2. The highest BCUT2D eigenvalue weighted by molar-refractivity contribution is 8.01. The maximum absolute atomic E-state index is 12.0. The smallest absolute Gasteiger partial charge is 0.270 e. The van der Waals surface area contributed by atoms with Gasteiger partial charge in [0.1, 0.15) is 0 Å². The van der Waals surface area contributed by atoms with E-state index in [1.807, 2.05) is 36.6 Å². The Hall–Kier alpha value is -3.24. The summed E-state index contributed by atoms with van der Waals surface area (Å²) in [6, 6.07) is 13.3. The lowest BCUT2D eigenvalue weighted by atomic mass is 10.1. The minimum atomic E-state index is -0.636. The van der Waals surface area contributed by atoms with Crippen molar-refractivity contribution in [1.82, 2.24) is 15.8 Å². The number of non-ortho nitro benzene ring substituents is 1. The molecule has 1 aromatic heterocycles.